The van der Waals surface area contributed by atoms with Crippen LogP contribution in [0.2, 0.25) is 0 Å². The molecule has 0 radical (unpaired) electrons. The largest absolute Gasteiger partial charge is 0.497 e. The zero-order valence-corrected chi connectivity index (χ0v) is 25.2. The number of furan rings is 1. The second-order valence-corrected chi connectivity index (χ2v) is 11.4. The van der Waals surface area contributed by atoms with Crippen LogP contribution in [0.1, 0.15) is 28.1 Å². The fourth-order valence-corrected chi connectivity index (χ4v) is 6.08. The lowest BCUT2D eigenvalue weighted by molar-refractivity contribution is -0.122. The highest BCUT2D eigenvalue weighted by Gasteiger charge is 2.32. The molecule has 2 heterocycles. The molecule has 0 bridgehead atoms. The molecule has 208 valence electrons. The quantitative estimate of drug-likeness (QED) is 0.122. The van der Waals surface area contributed by atoms with E-state index < -0.39 is 11.7 Å². The number of ketones is 1. The second-order valence-electron chi connectivity index (χ2n) is 8.89. The van der Waals surface area contributed by atoms with Gasteiger partial charge >= 0.3 is 0 Å². The molecule has 1 N–H and O–H groups in total. The Bertz CT molecular complexity index is 1710. The minimum Gasteiger partial charge on any atom is -0.497 e. The molecule has 4 aromatic rings. The van der Waals surface area contributed by atoms with Crippen LogP contribution in [0, 0.1) is 0 Å². The summed E-state index contributed by atoms with van der Waals surface area (Å²) in [6.45, 7) is 0.0843. The van der Waals surface area contributed by atoms with Gasteiger partial charge in [0, 0.05) is 23.9 Å². The van der Waals surface area contributed by atoms with Gasteiger partial charge in [0.25, 0.3) is 5.91 Å². The number of hydrogen-bond donors (Lipinski definition) is 1. The molecule has 0 unspecified atom stereocenters. The van der Waals surface area contributed by atoms with Crippen molar-refractivity contribution >= 4 is 84.6 Å². The molecule has 3 aromatic carbocycles. The first-order chi connectivity index (χ1) is 19.8. The highest BCUT2D eigenvalue weighted by molar-refractivity contribution is 9.10. The average molecular weight is 652 g/mol. The Kier molecular flexibility index (Phi) is 8.57. The Morgan fingerprint density at radius 3 is 2.54 bits per heavy atom. The number of nitrogens with one attached hydrogen (secondary N) is 1. The molecule has 0 spiro atoms. The normalized spacial score (nSPS) is 14.1. The van der Waals surface area contributed by atoms with E-state index in [0.29, 0.717) is 41.7 Å². The summed E-state index contributed by atoms with van der Waals surface area (Å²) in [6, 6.07) is 19.3. The predicted octanol–water partition coefficient (Wildman–Crippen LogP) is 6.67. The number of halogens is 1. The molecule has 11 heteroatoms. The standard InChI is InChI=1S/C30H23BrN2O6S2/c1-37-19-10-7-17(8-11-19)15-24-29(36)33(30(40)41-24)14-13-25(34)32-26-20-5-3-4-6-22(20)39-28(26)27(35)18-9-12-23(38-2)21(31)16-18/h3-12,15-16H,13-14H2,1-2H3,(H,32,34)/b24-15-. The van der Waals surface area contributed by atoms with E-state index in [-0.39, 0.29) is 30.3 Å². The van der Waals surface area contributed by atoms with E-state index in [0.717, 1.165) is 5.56 Å². The summed E-state index contributed by atoms with van der Waals surface area (Å²) in [5.74, 6) is 0.236. The number of para-hydroxylation sites is 1. The third-order valence-electron chi connectivity index (χ3n) is 6.33. The Hall–Kier alpha value is -3.93. The van der Waals surface area contributed by atoms with Gasteiger partial charge in [0.05, 0.1) is 29.3 Å². The lowest BCUT2D eigenvalue weighted by atomic mass is 10.1. The number of fused-ring (bicyclic) bond motifs is 1. The van der Waals surface area contributed by atoms with Crippen LogP contribution in [0.4, 0.5) is 5.69 Å². The van der Waals surface area contributed by atoms with Crippen LogP contribution in [0.5, 0.6) is 11.5 Å². The van der Waals surface area contributed by atoms with Gasteiger partial charge in [-0.15, -0.1) is 0 Å². The van der Waals surface area contributed by atoms with Crippen molar-refractivity contribution in [3.05, 3.63) is 93.0 Å². The molecule has 8 nitrogen and oxygen atoms in total. The molecule has 41 heavy (non-hydrogen) atoms. The van der Waals surface area contributed by atoms with Gasteiger partial charge in [-0.25, -0.2) is 0 Å². The van der Waals surface area contributed by atoms with E-state index >= 15 is 0 Å². The molecule has 1 aliphatic rings. The third-order valence-corrected chi connectivity index (χ3v) is 8.33. The van der Waals surface area contributed by atoms with Crippen LogP contribution in [0.25, 0.3) is 17.0 Å². The van der Waals surface area contributed by atoms with Gasteiger partial charge in [0.2, 0.25) is 11.7 Å². The minimum atomic E-state index is -0.402. The maximum atomic E-state index is 13.5. The van der Waals surface area contributed by atoms with Gasteiger partial charge in [-0.3, -0.25) is 19.3 Å². The first-order valence-electron chi connectivity index (χ1n) is 12.4. The number of benzene rings is 3. The number of anilines is 1. The van der Waals surface area contributed by atoms with Gasteiger partial charge in [-0.2, -0.15) is 0 Å². The van der Waals surface area contributed by atoms with Crippen molar-refractivity contribution in [1.29, 1.82) is 0 Å². The lowest BCUT2D eigenvalue weighted by Gasteiger charge is -2.14. The van der Waals surface area contributed by atoms with E-state index in [2.05, 4.69) is 21.2 Å². The molecule has 1 saturated heterocycles. The number of thiocarbonyl (C=S) groups is 1. The number of carbonyl (C=O) groups excluding carboxylic acids is 3. The summed E-state index contributed by atoms with van der Waals surface area (Å²) >= 11 is 10.0. The fourth-order valence-electron chi connectivity index (χ4n) is 4.23. The number of thioether (sulfide) groups is 1. The monoisotopic (exact) mass is 650 g/mol. The SMILES string of the molecule is COc1ccc(/C=C2\SC(=S)N(CCC(=O)Nc3c(C(=O)c4ccc(OC)c(Br)c4)oc4ccccc34)C2=O)cc1. The molecule has 0 saturated carbocycles. The molecular weight excluding hydrogens is 628 g/mol. The second kappa shape index (κ2) is 12.3. The zero-order chi connectivity index (χ0) is 29.1. The minimum absolute atomic E-state index is 0.00431. The molecule has 1 aliphatic heterocycles. The number of methoxy groups -OCH3 is 2. The van der Waals surface area contributed by atoms with Gasteiger partial charge in [0.1, 0.15) is 21.4 Å². The van der Waals surface area contributed by atoms with Crippen LogP contribution in [-0.4, -0.2) is 47.6 Å². The highest BCUT2D eigenvalue weighted by Crippen LogP contribution is 2.35. The number of ether oxygens (including phenoxy) is 2. The smallest absolute Gasteiger partial charge is 0.266 e. The van der Waals surface area contributed by atoms with Crippen molar-refractivity contribution in [1.82, 2.24) is 4.90 Å². The van der Waals surface area contributed by atoms with Crippen LogP contribution in [-0.2, 0) is 9.59 Å². The number of nitrogens with zero attached hydrogens (tertiary/aromatic N) is 1. The number of rotatable bonds is 9. The average Bonchev–Trinajstić information content (AvgIpc) is 3.47. The molecule has 1 fully saturated rings. The summed E-state index contributed by atoms with van der Waals surface area (Å²) in [7, 11) is 3.12. The molecular formula is C30H23BrN2O6S2. The van der Waals surface area contributed by atoms with Gasteiger partial charge in [0.15, 0.2) is 5.76 Å². The number of carbonyl (C=O) groups is 3. The van der Waals surface area contributed by atoms with Gasteiger partial charge < -0.3 is 19.2 Å². The Labute approximate surface area is 253 Å². The van der Waals surface area contributed by atoms with E-state index in [9.17, 15) is 14.4 Å². The fraction of sp³-hybridized carbons (Fsp3) is 0.133. The highest BCUT2D eigenvalue weighted by atomic mass is 79.9. The molecule has 0 atom stereocenters. The van der Waals surface area contributed by atoms with Gasteiger partial charge in [-0.1, -0.05) is 48.2 Å². The molecule has 5 rings (SSSR count). The Morgan fingerprint density at radius 1 is 1.07 bits per heavy atom. The number of amides is 2. The topological polar surface area (TPSA) is 98.1 Å². The number of hydrogen-bond acceptors (Lipinski definition) is 8. The Balaban J connectivity index is 1.31. The van der Waals surface area contributed by atoms with Crippen molar-refractivity contribution in [2.45, 2.75) is 6.42 Å². The summed E-state index contributed by atoms with van der Waals surface area (Å²) in [5.41, 5.74) is 1.91. The van der Waals surface area contributed by atoms with Crippen LogP contribution < -0.4 is 14.8 Å². The van der Waals surface area contributed by atoms with Crippen LogP contribution in [0.3, 0.4) is 0 Å². The van der Waals surface area contributed by atoms with Crippen molar-refractivity contribution in [3.63, 3.8) is 0 Å². The van der Waals surface area contributed by atoms with Crippen molar-refractivity contribution < 1.29 is 28.3 Å². The van der Waals surface area contributed by atoms with E-state index in [1.165, 1.54) is 23.8 Å². The Morgan fingerprint density at radius 2 is 1.83 bits per heavy atom. The van der Waals surface area contributed by atoms with E-state index in [4.69, 9.17) is 26.1 Å². The first kappa shape index (κ1) is 28.6. The van der Waals surface area contributed by atoms with Crippen molar-refractivity contribution in [2.75, 3.05) is 26.1 Å². The van der Waals surface area contributed by atoms with Crippen LogP contribution in [0.15, 0.2) is 80.5 Å². The summed E-state index contributed by atoms with van der Waals surface area (Å²) in [5, 5.41) is 3.42. The zero-order valence-electron chi connectivity index (χ0n) is 21.9. The maximum absolute atomic E-state index is 13.5. The van der Waals surface area contributed by atoms with Crippen molar-refractivity contribution in [2.24, 2.45) is 0 Å². The summed E-state index contributed by atoms with van der Waals surface area (Å²) in [6.07, 6.45) is 1.72. The van der Waals surface area contributed by atoms with Gasteiger partial charge in [-0.05, 0) is 70.0 Å². The molecule has 1 aromatic heterocycles. The maximum Gasteiger partial charge on any atom is 0.266 e. The first-order valence-corrected chi connectivity index (χ1v) is 14.4. The summed E-state index contributed by atoms with van der Waals surface area (Å²) in [4.78, 5) is 41.5. The van der Waals surface area contributed by atoms with Crippen LogP contribution >= 0.6 is 39.9 Å². The van der Waals surface area contributed by atoms with Crippen molar-refractivity contribution in [3.8, 4) is 11.5 Å². The van der Waals surface area contributed by atoms with E-state index in [1.54, 1.807) is 55.7 Å². The summed E-state index contributed by atoms with van der Waals surface area (Å²) < 4.78 is 17.3. The molecule has 2 amide bonds. The predicted molar refractivity (Wildman–Crippen MR) is 166 cm³/mol. The molecule has 0 aliphatic carbocycles. The lowest BCUT2D eigenvalue weighted by Crippen LogP contribution is -2.31. The third kappa shape index (κ3) is 6.07. The van der Waals surface area contributed by atoms with E-state index in [1.807, 2.05) is 24.3 Å².